The first-order chi connectivity index (χ1) is 12.4. The summed E-state index contributed by atoms with van der Waals surface area (Å²) >= 11 is 6.14. The van der Waals surface area contributed by atoms with E-state index in [-0.39, 0.29) is 39.5 Å². The second kappa shape index (κ2) is 5.85. The van der Waals surface area contributed by atoms with Crippen LogP contribution in [0.3, 0.4) is 0 Å². The summed E-state index contributed by atoms with van der Waals surface area (Å²) in [6.07, 6.45) is -8.48. The molecule has 1 aliphatic rings. The second-order valence-electron chi connectivity index (χ2n) is 6.21. The van der Waals surface area contributed by atoms with E-state index in [0.717, 1.165) is 4.68 Å². The van der Waals surface area contributed by atoms with Gasteiger partial charge in [0.15, 0.2) is 5.69 Å². The van der Waals surface area contributed by atoms with Gasteiger partial charge in [-0.2, -0.15) is 27.9 Å². The first-order valence-corrected chi connectivity index (χ1v) is 8.38. The molecule has 1 aromatic carbocycles. The average Bonchev–Trinajstić information content (AvgIpc) is 2.98. The van der Waals surface area contributed by atoms with E-state index in [4.69, 9.17) is 17.3 Å². The van der Waals surface area contributed by atoms with Crippen molar-refractivity contribution in [3.05, 3.63) is 39.5 Å². The number of nitrogens with zero attached hydrogens (tertiary/aromatic N) is 3. The highest BCUT2D eigenvalue weighted by Crippen LogP contribution is 2.52. The van der Waals surface area contributed by atoms with Gasteiger partial charge in [-0.05, 0) is 12.1 Å². The Labute approximate surface area is 158 Å². The van der Waals surface area contributed by atoms with Gasteiger partial charge in [0, 0.05) is 18.1 Å². The number of nitrogens with two attached hydrogens (primary N) is 1. The molecular weight excluding hydrogens is 412 g/mol. The maximum absolute atomic E-state index is 13.9. The zero-order valence-corrected chi connectivity index (χ0v) is 15.3. The van der Waals surface area contributed by atoms with Gasteiger partial charge in [-0.3, -0.25) is 0 Å². The predicted molar refractivity (Wildman–Crippen MR) is 87.7 cm³/mol. The van der Waals surface area contributed by atoms with E-state index >= 15 is 0 Å². The van der Waals surface area contributed by atoms with Crippen molar-refractivity contribution in [2.45, 2.75) is 30.8 Å². The molecule has 0 saturated heterocycles. The molecule has 0 bridgehead atoms. The standard InChI is InChI=1S/C15H10ClF4N4O2S/c1-13(2,27-25)11-9(5-21)23-24(12(11)22)10-4-7-6(3-8(10)16)14(17,18)26-15(7,19)20/h3-4H,22H2,1-2H3/q+1. The highest BCUT2D eigenvalue weighted by molar-refractivity contribution is 7.66. The molecule has 0 unspecified atom stereocenters. The third kappa shape index (κ3) is 2.84. The average molecular weight is 422 g/mol. The van der Waals surface area contributed by atoms with Crippen molar-refractivity contribution in [1.82, 2.24) is 9.78 Å². The zero-order valence-electron chi connectivity index (χ0n) is 13.7. The number of ether oxygens (including phenoxy) is 1. The van der Waals surface area contributed by atoms with Crippen LogP contribution in [0, 0.1) is 11.3 Å². The number of benzene rings is 1. The van der Waals surface area contributed by atoms with E-state index in [0.29, 0.717) is 12.1 Å². The Morgan fingerprint density at radius 1 is 1.30 bits per heavy atom. The number of hydrogen-bond donors (Lipinski definition) is 1. The van der Waals surface area contributed by atoms with Crippen molar-refractivity contribution in [2.24, 2.45) is 0 Å². The molecule has 12 heteroatoms. The first kappa shape index (κ1) is 19.5. The van der Waals surface area contributed by atoms with Crippen LogP contribution in [0.5, 0.6) is 0 Å². The molecule has 2 aromatic rings. The van der Waals surface area contributed by atoms with Gasteiger partial charge in [0.2, 0.25) is 0 Å². The van der Waals surface area contributed by atoms with E-state index in [2.05, 4.69) is 9.84 Å². The van der Waals surface area contributed by atoms with Crippen LogP contribution in [0.2, 0.25) is 5.02 Å². The van der Waals surface area contributed by atoms with Crippen molar-refractivity contribution >= 4 is 29.1 Å². The highest BCUT2D eigenvalue weighted by Gasteiger charge is 2.57. The Bertz CT molecular complexity index is 1020. The van der Waals surface area contributed by atoms with Crippen LogP contribution in [-0.4, -0.2) is 9.78 Å². The van der Waals surface area contributed by atoms with Crippen molar-refractivity contribution < 1.29 is 26.5 Å². The summed E-state index contributed by atoms with van der Waals surface area (Å²) in [7, 11) is 0. The van der Waals surface area contributed by atoms with E-state index in [1.807, 2.05) is 0 Å². The number of hydrogen-bond acceptors (Lipinski definition) is 5. The van der Waals surface area contributed by atoms with Crippen LogP contribution < -0.4 is 5.73 Å². The number of halogens is 5. The molecule has 0 fully saturated rings. The fourth-order valence-electron chi connectivity index (χ4n) is 2.80. The SMILES string of the molecule is CC(C)([S+]=O)c1c(C#N)nn(-c2cc3c(cc2Cl)C(F)(F)OC3(F)F)c1N. The van der Waals surface area contributed by atoms with Gasteiger partial charge < -0.3 is 5.73 Å². The van der Waals surface area contributed by atoms with E-state index in [1.54, 1.807) is 6.07 Å². The minimum atomic E-state index is -4.26. The summed E-state index contributed by atoms with van der Waals surface area (Å²) in [6.45, 7) is 2.99. The van der Waals surface area contributed by atoms with Crippen LogP contribution in [0.15, 0.2) is 12.1 Å². The van der Waals surface area contributed by atoms with Gasteiger partial charge in [0.1, 0.15) is 17.5 Å². The molecule has 0 radical (unpaired) electrons. The molecule has 0 aliphatic carbocycles. The summed E-state index contributed by atoms with van der Waals surface area (Å²) in [5, 5.41) is 12.8. The van der Waals surface area contributed by atoms with Crippen LogP contribution in [-0.2, 0) is 37.6 Å². The van der Waals surface area contributed by atoms with Gasteiger partial charge in [0.25, 0.3) is 4.75 Å². The molecule has 2 heterocycles. The molecule has 2 N–H and O–H groups in total. The molecule has 6 nitrogen and oxygen atoms in total. The maximum atomic E-state index is 13.9. The van der Waals surface area contributed by atoms with Gasteiger partial charge in [-0.1, -0.05) is 11.6 Å². The van der Waals surface area contributed by atoms with E-state index in [1.165, 1.54) is 13.8 Å². The Hall–Kier alpha value is -2.29. The molecule has 3 rings (SSSR count). The van der Waals surface area contributed by atoms with Crippen molar-refractivity contribution in [3.8, 4) is 11.8 Å². The number of anilines is 1. The summed E-state index contributed by atoms with van der Waals surface area (Å²) in [5.41, 5.74) is 3.40. The minimum absolute atomic E-state index is 0.0786. The fourth-order valence-corrected chi connectivity index (χ4v) is 3.33. The third-order valence-electron chi connectivity index (χ3n) is 4.04. The molecular formula is C15H10ClF4N4O2S+. The lowest BCUT2D eigenvalue weighted by Crippen LogP contribution is -2.18. The molecule has 0 spiro atoms. The first-order valence-electron chi connectivity index (χ1n) is 7.26. The molecule has 142 valence electrons. The number of alkyl halides is 4. The lowest BCUT2D eigenvalue weighted by Gasteiger charge is -2.12. The maximum Gasteiger partial charge on any atom is 0.470 e. The van der Waals surface area contributed by atoms with Crippen LogP contribution in [0.4, 0.5) is 23.4 Å². The van der Waals surface area contributed by atoms with Crippen LogP contribution in [0.1, 0.15) is 36.2 Å². The number of nitrogen functional groups attached to an aromatic ring is 1. The minimum Gasteiger partial charge on any atom is -0.383 e. The van der Waals surface area contributed by atoms with E-state index in [9.17, 15) is 27.0 Å². The highest BCUT2D eigenvalue weighted by atomic mass is 35.5. The molecule has 27 heavy (non-hydrogen) atoms. The lowest BCUT2D eigenvalue weighted by molar-refractivity contribution is -0.369. The van der Waals surface area contributed by atoms with Crippen LogP contribution >= 0.6 is 11.6 Å². The Morgan fingerprint density at radius 3 is 2.37 bits per heavy atom. The lowest BCUT2D eigenvalue weighted by atomic mass is 10.0. The Balaban J connectivity index is 2.29. The summed E-state index contributed by atoms with van der Waals surface area (Å²) in [6, 6.07) is 3.07. The fraction of sp³-hybridized carbons (Fsp3) is 0.333. The van der Waals surface area contributed by atoms with E-state index < -0.39 is 28.1 Å². The van der Waals surface area contributed by atoms with Gasteiger partial charge in [-0.25, -0.2) is 9.42 Å². The number of rotatable bonds is 3. The Morgan fingerprint density at radius 2 is 1.85 bits per heavy atom. The smallest absolute Gasteiger partial charge is 0.383 e. The summed E-state index contributed by atoms with van der Waals surface area (Å²) in [5.74, 6) is -0.198. The second-order valence-corrected chi connectivity index (χ2v) is 7.81. The quantitative estimate of drug-likeness (QED) is 0.601. The number of fused-ring (bicyclic) bond motifs is 1. The third-order valence-corrected chi connectivity index (χ3v) is 4.96. The number of aromatic nitrogens is 2. The zero-order chi connectivity index (χ0) is 20.4. The molecule has 1 aliphatic heterocycles. The van der Waals surface area contributed by atoms with Crippen molar-refractivity contribution in [3.63, 3.8) is 0 Å². The van der Waals surface area contributed by atoms with Crippen LogP contribution in [0.25, 0.3) is 5.69 Å². The molecule has 1 aromatic heterocycles. The Kier molecular flexibility index (Phi) is 4.22. The summed E-state index contributed by atoms with van der Waals surface area (Å²) < 4.78 is 69.6. The summed E-state index contributed by atoms with van der Waals surface area (Å²) in [4.78, 5) is 0. The number of nitriles is 1. The van der Waals surface area contributed by atoms with Gasteiger partial charge >= 0.3 is 23.9 Å². The van der Waals surface area contributed by atoms with Gasteiger partial charge in [-0.15, -0.1) is 0 Å². The van der Waals surface area contributed by atoms with Crippen molar-refractivity contribution in [2.75, 3.05) is 5.73 Å². The molecule has 0 atom stereocenters. The van der Waals surface area contributed by atoms with Gasteiger partial charge in [0.05, 0.1) is 21.8 Å². The normalized spacial score (nSPS) is 17.4. The molecule has 0 amide bonds. The van der Waals surface area contributed by atoms with Crippen molar-refractivity contribution in [1.29, 1.82) is 5.26 Å². The molecule has 0 saturated carbocycles. The predicted octanol–water partition coefficient (Wildman–Crippen LogP) is 3.77. The largest absolute Gasteiger partial charge is 0.470 e. The topological polar surface area (TPSA) is 93.9 Å². The monoisotopic (exact) mass is 421 g/mol.